The zero-order chi connectivity index (χ0) is 21.1. The van der Waals surface area contributed by atoms with Crippen molar-refractivity contribution >= 4 is 41.2 Å². The van der Waals surface area contributed by atoms with Gasteiger partial charge in [-0.15, -0.1) is 0 Å². The topological polar surface area (TPSA) is 83.4 Å². The molecule has 150 valence electrons. The third-order valence-corrected chi connectivity index (χ3v) is 4.73. The first-order chi connectivity index (χ1) is 14.5. The lowest BCUT2D eigenvalue weighted by atomic mass is 10.2. The summed E-state index contributed by atoms with van der Waals surface area (Å²) in [6.45, 7) is -0.393. The molecule has 4 amide bonds. The van der Waals surface area contributed by atoms with Gasteiger partial charge in [0.2, 0.25) is 5.91 Å². The summed E-state index contributed by atoms with van der Waals surface area (Å²) in [6.07, 6.45) is 5.29. The number of para-hydroxylation sites is 1. The van der Waals surface area contributed by atoms with E-state index in [1.54, 1.807) is 30.3 Å². The van der Waals surface area contributed by atoms with Gasteiger partial charge >= 0.3 is 6.03 Å². The van der Waals surface area contributed by atoms with E-state index in [-0.39, 0.29) is 5.70 Å². The van der Waals surface area contributed by atoms with Crippen LogP contribution in [-0.4, -0.2) is 33.9 Å². The molecule has 30 heavy (non-hydrogen) atoms. The Morgan fingerprint density at radius 2 is 1.77 bits per heavy atom. The summed E-state index contributed by atoms with van der Waals surface area (Å²) >= 11 is 5.82. The summed E-state index contributed by atoms with van der Waals surface area (Å²) < 4.78 is 1.91. The zero-order valence-corrected chi connectivity index (χ0v) is 16.5. The van der Waals surface area contributed by atoms with Gasteiger partial charge in [0.25, 0.3) is 5.91 Å². The maximum atomic E-state index is 12.6. The molecule has 1 fully saturated rings. The number of nitrogens with zero attached hydrogens (tertiary/aromatic N) is 2. The highest BCUT2D eigenvalue weighted by Gasteiger charge is 2.34. The van der Waals surface area contributed by atoms with Crippen molar-refractivity contribution in [3.05, 3.63) is 89.3 Å². The van der Waals surface area contributed by atoms with Crippen molar-refractivity contribution in [3.63, 3.8) is 0 Å². The Morgan fingerprint density at radius 1 is 1.03 bits per heavy atom. The minimum atomic E-state index is -0.639. The van der Waals surface area contributed by atoms with Crippen LogP contribution in [0.5, 0.6) is 0 Å². The lowest BCUT2D eigenvalue weighted by Crippen LogP contribution is -2.38. The van der Waals surface area contributed by atoms with Gasteiger partial charge in [-0.3, -0.25) is 9.59 Å². The molecule has 2 aromatic carbocycles. The standard InChI is InChI=1S/C22H17ClN4O3/c23-16-6-8-17(9-7-16)24-20(28)14-27-21(29)19(25-22(27)30)12-15-10-11-26(13-15)18-4-2-1-3-5-18/h1-13H,14H2,(H,24,28)(H,25,30)/b19-12+. The van der Waals surface area contributed by atoms with Gasteiger partial charge in [0, 0.05) is 28.8 Å². The summed E-state index contributed by atoms with van der Waals surface area (Å²) in [4.78, 5) is 37.9. The SMILES string of the molecule is O=C(CN1C(=O)N/C(=C/c2ccn(-c3ccccc3)c2)C1=O)Nc1ccc(Cl)cc1. The number of imide groups is 1. The molecule has 0 atom stereocenters. The van der Waals surface area contributed by atoms with Gasteiger partial charge in [-0.2, -0.15) is 0 Å². The number of urea groups is 1. The monoisotopic (exact) mass is 420 g/mol. The van der Waals surface area contributed by atoms with Crippen LogP contribution >= 0.6 is 11.6 Å². The van der Waals surface area contributed by atoms with E-state index in [1.807, 2.05) is 53.4 Å². The molecule has 0 aliphatic carbocycles. The van der Waals surface area contributed by atoms with Crippen LogP contribution in [0.3, 0.4) is 0 Å². The number of rotatable bonds is 5. The molecule has 2 N–H and O–H groups in total. The molecule has 1 aliphatic heterocycles. The van der Waals surface area contributed by atoms with E-state index in [1.165, 1.54) is 0 Å². The number of halogens is 1. The van der Waals surface area contributed by atoms with E-state index in [0.29, 0.717) is 10.7 Å². The Kier molecular flexibility index (Phi) is 5.36. The third kappa shape index (κ3) is 4.26. The molecule has 1 saturated heterocycles. The molecular weight excluding hydrogens is 404 g/mol. The Morgan fingerprint density at radius 3 is 2.50 bits per heavy atom. The fourth-order valence-electron chi connectivity index (χ4n) is 3.02. The summed E-state index contributed by atoms with van der Waals surface area (Å²) in [7, 11) is 0. The van der Waals surface area contributed by atoms with Crippen LogP contribution < -0.4 is 10.6 Å². The van der Waals surface area contributed by atoms with Crippen molar-refractivity contribution in [2.75, 3.05) is 11.9 Å². The van der Waals surface area contributed by atoms with Gasteiger partial charge in [-0.1, -0.05) is 29.8 Å². The van der Waals surface area contributed by atoms with E-state index in [9.17, 15) is 14.4 Å². The van der Waals surface area contributed by atoms with Gasteiger partial charge in [-0.25, -0.2) is 9.69 Å². The average Bonchev–Trinajstić information content (AvgIpc) is 3.31. The summed E-state index contributed by atoms with van der Waals surface area (Å²) in [5, 5.41) is 5.69. The highest BCUT2D eigenvalue weighted by atomic mass is 35.5. The maximum Gasteiger partial charge on any atom is 0.329 e. The van der Waals surface area contributed by atoms with Crippen molar-refractivity contribution < 1.29 is 14.4 Å². The molecule has 0 saturated carbocycles. The molecule has 3 aromatic rings. The normalized spacial score (nSPS) is 14.8. The van der Waals surface area contributed by atoms with E-state index >= 15 is 0 Å². The summed E-state index contributed by atoms with van der Waals surface area (Å²) in [6, 6.07) is 17.4. The van der Waals surface area contributed by atoms with Crippen LogP contribution in [0, 0.1) is 0 Å². The first kappa shape index (κ1) is 19.5. The summed E-state index contributed by atoms with van der Waals surface area (Å²) in [5.41, 5.74) is 2.36. The van der Waals surface area contributed by atoms with Gasteiger partial charge < -0.3 is 15.2 Å². The smallest absolute Gasteiger partial charge is 0.325 e. The second-order valence-corrected chi connectivity index (χ2v) is 7.06. The Hall–Kier alpha value is -3.84. The van der Waals surface area contributed by atoms with E-state index in [0.717, 1.165) is 16.2 Å². The van der Waals surface area contributed by atoms with Crippen LogP contribution in [0.15, 0.2) is 78.8 Å². The fraction of sp³-hybridized carbons (Fsp3) is 0.0455. The van der Waals surface area contributed by atoms with Gasteiger partial charge in [-0.05, 0) is 54.1 Å². The number of amides is 4. The number of aromatic nitrogens is 1. The highest BCUT2D eigenvalue weighted by Crippen LogP contribution is 2.17. The van der Waals surface area contributed by atoms with Crippen molar-refractivity contribution in [1.29, 1.82) is 0 Å². The van der Waals surface area contributed by atoms with Crippen LogP contribution in [0.2, 0.25) is 5.02 Å². The molecule has 0 unspecified atom stereocenters. The lowest BCUT2D eigenvalue weighted by Gasteiger charge is -2.11. The number of carbonyl (C=O) groups excluding carboxylic acids is 3. The first-order valence-electron chi connectivity index (χ1n) is 9.13. The number of hydrogen-bond acceptors (Lipinski definition) is 3. The number of carbonyl (C=O) groups is 3. The van der Waals surface area contributed by atoms with Crippen LogP contribution in [0.4, 0.5) is 10.5 Å². The Labute approximate surface area is 177 Å². The molecule has 0 radical (unpaired) electrons. The number of hydrogen-bond donors (Lipinski definition) is 2. The number of benzene rings is 2. The number of nitrogens with one attached hydrogen (secondary N) is 2. The van der Waals surface area contributed by atoms with E-state index in [4.69, 9.17) is 11.6 Å². The second-order valence-electron chi connectivity index (χ2n) is 6.62. The van der Waals surface area contributed by atoms with Crippen LogP contribution in [0.1, 0.15) is 5.56 Å². The molecule has 1 aromatic heterocycles. The van der Waals surface area contributed by atoms with Crippen molar-refractivity contribution in [2.45, 2.75) is 0 Å². The number of anilines is 1. The highest BCUT2D eigenvalue weighted by molar-refractivity contribution is 6.30. The predicted molar refractivity (Wildman–Crippen MR) is 114 cm³/mol. The van der Waals surface area contributed by atoms with E-state index < -0.39 is 24.4 Å². The second kappa shape index (κ2) is 8.26. The fourth-order valence-corrected chi connectivity index (χ4v) is 3.14. The largest absolute Gasteiger partial charge is 0.329 e. The van der Waals surface area contributed by atoms with Crippen LogP contribution in [-0.2, 0) is 9.59 Å². The molecule has 4 rings (SSSR count). The first-order valence-corrected chi connectivity index (χ1v) is 9.51. The molecule has 0 spiro atoms. The maximum absolute atomic E-state index is 12.6. The average molecular weight is 421 g/mol. The molecule has 2 heterocycles. The van der Waals surface area contributed by atoms with Crippen molar-refractivity contribution in [1.82, 2.24) is 14.8 Å². The molecule has 8 heteroatoms. The van der Waals surface area contributed by atoms with Gasteiger partial charge in [0.15, 0.2) is 0 Å². The summed E-state index contributed by atoms with van der Waals surface area (Å²) in [5.74, 6) is -1.05. The van der Waals surface area contributed by atoms with Gasteiger partial charge in [0.1, 0.15) is 12.2 Å². The zero-order valence-electron chi connectivity index (χ0n) is 15.7. The van der Waals surface area contributed by atoms with Crippen molar-refractivity contribution in [3.8, 4) is 5.69 Å². The van der Waals surface area contributed by atoms with E-state index in [2.05, 4.69) is 10.6 Å². The Bertz CT molecular complexity index is 1140. The molecule has 1 aliphatic rings. The van der Waals surface area contributed by atoms with Crippen LogP contribution in [0.25, 0.3) is 11.8 Å². The predicted octanol–water partition coefficient (Wildman–Crippen LogP) is 3.66. The quantitative estimate of drug-likeness (QED) is 0.488. The minimum absolute atomic E-state index is 0.116. The molecular formula is C22H17ClN4O3. The molecule has 7 nitrogen and oxygen atoms in total. The lowest BCUT2D eigenvalue weighted by molar-refractivity contribution is -0.127. The molecule has 0 bridgehead atoms. The minimum Gasteiger partial charge on any atom is -0.325 e. The van der Waals surface area contributed by atoms with Gasteiger partial charge in [0.05, 0.1) is 0 Å². The Balaban J connectivity index is 1.44. The van der Waals surface area contributed by atoms with Crippen molar-refractivity contribution in [2.24, 2.45) is 0 Å². The third-order valence-electron chi connectivity index (χ3n) is 4.47.